The molecule has 1 aromatic heterocycles. The van der Waals surface area contributed by atoms with E-state index in [1.165, 1.54) is 21.9 Å². The average Bonchev–Trinajstić information content (AvgIpc) is 3.15. The molecule has 1 fully saturated rings. The predicted octanol–water partition coefficient (Wildman–Crippen LogP) is 6.44. The Balaban J connectivity index is 1.34. The minimum absolute atomic E-state index is 0.0298. The van der Waals surface area contributed by atoms with Crippen LogP contribution < -0.4 is 15.3 Å². The van der Waals surface area contributed by atoms with Crippen molar-refractivity contribution in [1.29, 1.82) is 0 Å². The summed E-state index contributed by atoms with van der Waals surface area (Å²) in [6.45, 7) is 2.37. The summed E-state index contributed by atoms with van der Waals surface area (Å²) in [7, 11) is 0. The van der Waals surface area contributed by atoms with Gasteiger partial charge in [-0.3, -0.25) is 14.6 Å². The number of carbonyl (C=O) groups excluding carboxylic acids is 2. The van der Waals surface area contributed by atoms with Crippen LogP contribution in [0.2, 0.25) is 5.02 Å². The van der Waals surface area contributed by atoms with E-state index in [4.69, 9.17) is 20.8 Å². The quantitative estimate of drug-likeness (QED) is 0.165. The van der Waals surface area contributed by atoms with Gasteiger partial charge in [0.2, 0.25) is 0 Å². The van der Waals surface area contributed by atoms with Gasteiger partial charge in [0.15, 0.2) is 0 Å². The summed E-state index contributed by atoms with van der Waals surface area (Å²) >= 11 is 5.89. The minimum Gasteiger partial charge on any atom is -0.493 e. The summed E-state index contributed by atoms with van der Waals surface area (Å²) in [5, 5.41) is 0.354. The number of aryl methyl sites for hydroxylation is 1. The molecule has 2 aromatic carbocycles. The van der Waals surface area contributed by atoms with E-state index in [2.05, 4.69) is 0 Å². The number of nitrogens with zero attached hydrogens (tertiary/aromatic N) is 2. The van der Waals surface area contributed by atoms with Crippen molar-refractivity contribution in [2.75, 3.05) is 24.6 Å². The maximum Gasteiger partial charge on any atom is 0.417 e. The number of hydrogen-bond donors (Lipinski definition) is 0. The molecule has 2 heterocycles. The van der Waals surface area contributed by atoms with Gasteiger partial charge < -0.3 is 9.15 Å². The van der Waals surface area contributed by atoms with Gasteiger partial charge in [-0.15, -0.1) is 0 Å². The molecule has 11 heteroatoms. The molecule has 1 saturated heterocycles. The summed E-state index contributed by atoms with van der Waals surface area (Å²) in [6, 6.07) is 9.48. The van der Waals surface area contributed by atoms with Crippen molar-refractivity contribution in [3.05, 3.63) is 69.0 Å². The number of alkyl halides is 3. The molecular weight excluding hydrogens is 525 g/mol. The molecule has 0 spiro atoms. The van der Waals surface area contributed by atoms with Crippen LogP contribution in [-0.2, 0) is 17.4 Å². The van der Waals surface area contributed by atoms with Crippen molar-refractivity contribution in [2.45, 2.75) is 45.2 Å². The Hall–Kier alpha value is -3.53. The third-order valence-corrected chi connectivity index (χ3v) is 6.51. The fourth-order valence-corrected chi connectivity index (χ4v) is 4.56. The van der Waals surface area contributed by atoms with Crippen LogP contribution in [0.4, 0.5) is 23.7 Å². The summed E-state index contributed by atoms with van der Waals surface area (Å²) in [5.74, 6) is 0.0895. The van der Waals surface area contributed by atoms with Gasteiger partial charge in [-0.2, -0.15) is 13.2 Å². The number of halogens is 4. The molecule has 1 aliphatic heterocycles. The predicted molar refractivity (Wildman–Crippen MR) is 137 cm³/mol. The van der Waals surface area contributed by atoms with E-state index in [0.29, 0.717) is 60.2 Å². The van der Waals surface area contributed by atoms with E-state index in [9.17, 15) is 27.6 Å². The Morgan fingerprint density at radius 1 is 1.03 bits per heavy atom. The second-order valence-corrected chi connectivity index (χ2v) is 9.38. The molecule has 1 aliphatic rings. The first-order valence-electron chi connectivity index (χ1n) is 12.3. The Bertz CT molecular complexity index is 1390. The van der Waals surface area contributed by atoms with Crippen molar-refractivity contribution in [3.63, 3.8) is 0 Å². The lowest BCUT2D eigenvalue weighted by Gasteiger charge is -2.17. The van der Waals surface area contributed by atoms with E-state index < -0.39 is 17.4 Å². The zero-order valence-electron chi connectivity index (χ0n) is 20.6. The van der Waals surface area contributed by atoms with Crippen LogP contribution in [0.3, 0.4) is 0 Å². The smallest absolute Gasteiger partial charge is 0.417 e. The number of benzene rings is 2. The van der Waals surface area contributed by atoms with Crippen molar-refractivity contribution >= 4 is 40.2 Å². The van der Waals surface area contributed by atoms with Crippen molar-refractivity contribution in [2.24, 2.45) is 0 Å². The zero-order chi connectivity index (χ0) is 27.4. The number of carbonyl (C=O) groups is 2. The van der Waals surface area contributed by atoms with Crippen molar-refractivity contribution in [3.8, 4) is 5.75 Å². The van der Waals surface area contributed by atoms with Gasteiger partial charge in [-0.05, 0) is 62.1 Å². The van der Waals surface area contributed by atoms with Crippen LogP contribution >= 0.6 is 11.6 Å². The molecule has 7 nitrogen and oxygen atoms in total. The number of imide groups is 1. The Morgan fingerprint density at radius 3 is 2.45 bits per heavy atom. The highest BCUT2D eigenvalue weighted by molar-refractivity contribution is 6.30. The molecular formula is C27H26ClF3N2O5. The van der Waals surface area contributed by atoms with Gasteiger partial charge in [0, 0.05) is 34.3 Å². The van der Waals surface area contributed by atoms with E-state index in [0.717, 1.165) is 0 Å². The summed E-state index contributed by atoms with van der Waals surface area (Å²) < 4.78 is 51.4. The lowest BCUT2D eigenvalue weighted by molar-refractivity contribution is -0.136. The first kappa shape index (κ1) is 27.5. The van der Waals surface area contributed by atoms with Crippen LogP contribution in [0.1, 0.15) is 43.7 Å². The first-order valence-corrected chi connectivity index (χ1v) is 12.6. The number of ether oxygens (including phenoxy) is 1. The molecule has 0 N–H and O–H groups in total. The third kappa shape index (κ3) is 5.96. The highest BCUT2D eigenvalue weighted by Gasteiger charge is 2.36. The number of unbranched alkanes of at least 4 members (excludes halogenated alkanes) is 2. The van der Waals surface area contributed by atoms with Crippen LogP contribution in [0, 0.1) is 0 Å². The molecule has 0 radical (unpaired) electrons. The normalized spacial score (nSPS) is 14.1. The molecule has 4 rings (SSSR count). The summed E-state index contributed by atoms with van der Waals surface area (Å²) in [5.41, 5.74) is -1.20. The molecule has 3 amide bonds. The van der Waals surface area contributed by atoms with E-state index in [-0.39, 0.29) is 42.6 Å². The monoisotopic (exact) mass is 550 g/mol. The number of fused-ring (bicyclic) bond motifs is 1. The maximum atomic E-state index is 13.5. The van der Waals surface area contributed by atoms with Crippen molar-refractivity contribution < 1.29 is 31.9 Å². The standard InChI is InChI=1S/C27H26ClF3N2O5/c1-2-6-20-22(12-11-19-21(27(29,30)31)15-24(35)38-25(19)20)37-14-5-3-4-13-32-23(34)16-33(26(32)36)18-9-7-17(28)8-10-18/h7-12,15H,2-6,13-14,16H2,1H3. The summed E-state index contributed by atoms with van der Waals surface area (Å²) in [6.07, 6.45) is -1.89. The largest absolute Gasteiger partial charge is 0.493 e. The van der Waals surface area contributed by atoms with E-state index in [1.54, 1.807) is 24.3 Å². The highest BCUT2D eigenvalue weighted by Crippen LogP contribution is 2.37. The van der Waals surface area contributed by atoms with Crippen LogP contribution in [0.25, 0.3) is 11.0 Å². The highest BCUT2D eigenvalue weighted by atomic mass is 35.5. The molecule has 0 saturated carbocycles. The van der Waals surface area contributed by atoms with Crippen LogP contribution in [-0.4, -0.2) is 36.5 Å². The lowest BCUT2D eigenvalue weighted by atomic mass is 10.0. The number of rotatable bonds is 10. The SMILES string of the molecule is CCCc1c(OCCCCCN2C(=O)CN(c3ccc(Cl)cc3)C2=O)ccc2c(C(F)(F)F)cc(=O)oc12. The van der Waals surface area contributed by atoms with Crippen LogP contribution in [0.5, 0.6) is 5.75 Å². The number of anilines is 1. The van der Waals surface area contributed by atoms with Gasteiger partial charge in [0.1, 0.15) is 17.9 Å². The van der Waals surface area contributed by atoms with Crippen LogP contribution in [0.15, 0.2) is 51.7 Å². The first-order chi connectivity index (χ1) is 18.1. The fraction of sp³-hybridized carbons (Fsp3) is 0.370. The molecule has 38 heavy (non-hydrogen) atoms. The Labute approximate surface area is 221 Å². The summed E-state index contributed by atoms with van der Waals surface area (Å²) in [4.78, 5) is 39.5. The number of amides is 3. The number of hydrogen-bond acceptors (Lipinski definition) is 5. The second kappa shape index (κ2) is 11.5. The molecule has 0 unspecified atom stereocenters. The average molecular weight is 551 g/mol. The molecule has 0 bridgehead atoms. The molecule has 0 atom stereocenters. The van der Waals surface area contributed by atoms with E-state index in [1.807, 2.05) is 6.92 Å². The zero-order valence-corrected chi connectivity index (χ0v) is 21.4. The Kier molecular flexibility index (Phi) is 8.30. The van der Waals surface area contributed by atoms with Gasteiger partial charge in [0.25, 0.3) is 5.91 Å². The van der Waals surface area contributed by atoms with E-state index >= 15 is 0 Å². The van der Waals surface area contributed by atoms with Gasteiger partial charge >= 0.3 is 17.8 Å². The minimum atomic E-state index is -4.69. The third-order valence-electron chi connectivity index (χ3n) is 6.26. The Morgan fingerprint density at radius 2 is 1.76 bits per heavy atom. The van der Waals surface area contributed by atoms with Crippen molar-refractivity contribution in [1.82, 2.24) is 4.90 Å². The molecule has 202 valence electrons. The molecule has 3 aromatic rings. The topological polar surface area (TPSA) is 80.1 Å². The molecule has 0 aliphatic carbocycles. The fourth-order valence-electron chi connectivity index (χ4n) is 4.44. The lowest BCUT2D eigenvalue weighted by Crippen LogP contribution is -2.33. The second-order valence-electron chi connectivity index (χ2n) is 8.95. The maximum absolute atomic E-state index is 13.5. The number of urea groups is 1. The van der Waals surface area contributed by atoms with Gasteiger partial charge in [-0.1, -0.05) is 24.9 Å². The van der Waals surface area contributed by atoms with Gasteiger partial charge in [0.05, 0.1) is 12.2 Å². The van der Waals surface area contributed by atoms with Gasteiger partial charge in [-0.25, -0.2) is 9.59 Å².